The quantitative estimate of drug-likeness (QED) is 0.615. The second-order valence-electron chi connectivity index (χ2n) is 8.18. The number of aromatic nitrogens is 2. The van der Waals surface area contributed by atoms with Crippen molar-refractivity contribution in [1.82, 2.24) is 19.4 Å². The highest BCUT2D eigenvalue weighted by molar-refractivity contribution is 7.10. The number of carbonyl (C=O) groups is 2. The van der Waals surface area contributed by atoms with Crippen molar-refractivity contribution in [3.63, 3.8) is 0 Å². The zero-order valence-corrected chi connectivity index (χ0v) is 18.0. The maximum absolute atomic E-state index is 12.8. The van der Waals surface area contributed by atoms with E-state index in [9.17, 15) is 14.4 Å². The van der Waals surface area contributed by atoms with E-state index >= 15 is 0 Å². The van der Waals surface area contributed by atoms with Crippen molar-refractivity contribution < 1.29 is 9.59 Å². The number of hydrogen-bond acceptors (Lipinski definition) is 5. The minimum Gasteiger partial charge on any atom is -0.339 e. The van der Waals surface area contributed by atoms with Crippen molar-refractivity contribution in [3.05, 3.63) is 63.3 Å². The van der Waals surface area contributed by atoms with Crippen molar-refractivity contribution in [2.24, 2.45) is 5.92 Å². The molecule has 3 heterocycles. The Balaban J connectivity index is 1.13. The molecule has 2 aromatic heterocycles. The van der Waals surface area contributed by atoms with Gasteiger partial charge in [0.2, 0.25) is 11.8 Å². The molecule has 0 spiro atoms. The molecule has 7 nitrogen and oxygen atoms in total. The minimum atomic E-state index is -0.126. The molecule has 1 aliphatic heterocycles. The average molecular weight is 437 g/mol. The lowest BCUT2D eigenvalue weighted by atomic mass is 10.2. The van der Waals surface area contributed by atoms with Gasteiger partial charge in [0.1, 0.15) is 0 Å². The predicted octanol–water partition coefficient (Wildman–Crippen LogP) is 2.32. The van der Waals surface area contributed by atoms with Crippen LogP contribution in [0.1, 0.15) is 23.6 Å². The Morgan fingerprint density at radius 2 is 1.81 bits per heavy atom. The first-order valence-electron chi connectivity index (χ1n) is 10.7. The van der Waals surface area contributed by atoms with E-state index in [4.69, 9.17) is 0 Å². The second kappa shape index (κ2) is 8.26. The van der Waals surface area contributed by atoms with Crippen LogP contribution in [0.3, 0.4) is 0 Å². The van der Waals surface area contributed by atoms with Crippen LogP contribution < -0.4 is 5.56 Å². The maximum atomic E-state index is 12.8. The van der Waals surface area contributed by atoms with E-state index in [0.717, 1.165) is 6.42 Å². The number of amides is 2. The van der Waals surface area contributed by atoms with Crippen LogP contribution in [0.25, 0.3) is 10.9 Å². The third kappa shape index (κ3) is 3.99. The van der Waals surface area contributed by atoms with Gasteiger partial charge in [-0.1, -0.05) is 18.2 Å². The molecule has 8 heteroatoms. The van der Waals surface area contributed by atoms with Crippen LogP contribution in [0.5, 0.6) is 0 Å². The summed E-state index contributed by atoms with van der Waals surface area (Å²) in [5.74, 6) is 0.712. The van der Waals surface area contributed by atoms with E-state index in [-0.39, 0.29) is 29.7 Å². The van der Waals surface area contributed by atoms with Gasteiger partial charge >= 0.3 is 0 Å². The Kier molecular flexibility index (Phi) is 5.31. The summed E-state index contributed by atoms with van der Waals surface area (Å²) >= 11 is 1.72. The normalized spacial score (nSPS) is 20.8. The first kappa shape index (κ1) is 19.9. The lowest BCUT2D eigenvalue weighted by Gasteiger charge is -2.35. The molecule has 2 atom stereocenters. The Morgan fingerprint density at radius 1 is 1.03 bits per heavy atom. The highest BCUT2D eigenvalue weighted by atomic mass is 32.1. The van der Waals surface area contributed by atoms with Crippen LogP contribution in [-0.2, 0) is 16.1 Å². The van der Waals surface area contributed by atoms with Gasteiger partial charge < -0.3 is 9.80 Å². The van der Waals surface area contributed by atoms with E-state index in [2.05, 4.69) is 16.4 Å². The topological polar surface area (TPSA) is 75.5 Å². The molecule has 2 aliphatic rings. The van der Waals surface area contributed by atoms with Crippen molar-refractivity contribution in [2.45, 2.75) is 25.3 Å². The molecule has 1 aromatic carbocycles. The van der Waals surface area contributed by atoms with Gasteiger partial charge in [0.15, 0.2) is 0 Å². The third-order valence-electron chi connectivity index (χ3n) is 6.26. The minimum absolute atomic E-state index is 0.00930. The third-order valence-corrected chi connectivity index (χ3v) is 7.26. The molecular formula is C23H24N4O3S. The number of hydrogen-bond donors (Lipinski definition) is 0. The smallest absolute Gasteiger partial charge is 0.261 e. The van der Waals surface area contributed by atoms with Crippen molar-refractivity contribution in [2.75, 3.05) is 26.2 Å². The summed E-state index contributed by atoms with van der Waals surface area (Å²) in [6, 6.07) is 11.4. The molecule has 160 valence electrons. The van der Waals surface area contributed by atoms with Gasteiger partial charge in [-0.25, -0.2) is 4.98 Å². The Labute approximate surface area is 183 Å². The van der Waals surface area contributed by atoms with Crippen LogP contribution in [0.2, 0.25) is 0 Å². The maximum Gasteiger partial charge on any atom is 0.261 e. The standard InChI is InChI=1S/C23H24N4O3S/c28-21(7-8-27-15-24-19-5-2-1-4-16(19)22(27)29)25-9-11-26(12-10-25)23(30)18-14-17(18)20-6-3-13-31-20/h1-6,13,15,17-18H,7-12,14H2. The number of rotatable bonds is 5. The van der Waals surface area contributed by atoms with Gasteiger partial charge in [-0.3, -0.25) is 19.0 Å². The zero-order valence-electron chi connectivity index (χ0n) is 17.1. The lowest BCUT2D eigenvalue weighted by molar-refractivity contribution is -0.140. The number of para-hydroxylation sites is 1. The molecule has 2 unspecified atom stereocenters. The molecule has 2 amide bonds. The molecule has 31 heavy (non-hydrogen) atoms. The fraction of sp³-hybridized carbons (Fsp3) is 0.391. The molecule has 2 fully saturated rings. The SMILES string of the molecule is O=C(CCn1cnc2ccccc2c1=O)N1CCN(C(=O)C2CC2c2cccs2)CC1. The summed E-state index contributed by atoms with van der Waals surface area (Å²) in [5, 5.41) is 2.62. The van der Waals surface area contributed by atoms with Gasteiger partial charge in [-0.15, -0.1) is 11.3 Å². The number of fused-ring (bicyclic) bond motifs is 1. The number of aryl methyl sites for hydroxylation is 1. The Hall–Kier alpha value is -3.00. The first-order chi connectivity index (χ1) is 15.1. The average Bonchev–Trinajstić information content (AvgIpc) is 3.42. The molecule has 3 aromatic rings. The molecular weight excluding hydrogens is 412 g/mol. The molecule has 0 bridgehead atoms. The van der Waals surface area contributed by atoms with Gasteiger partial charge in [0.05, 0.1) is 17.2 Å². The zero-order chi connectivity index (χ0) is 21.4. The molecule has 5 rings (SSSR count). The van der Waals surface area contributed by atoms with E-state index in [0.29, 0.717) is 49.5 Å². The van der Waals surface area contributed by atoms with E-state index in [1.807, 2.05) is 23.1 Å². The fourth-order valence-corrected chi connectivity index (χ4v) is 5.24. The molecule has 0 radical (unpaired) electrons. The van der Waals surface area contributed by atoms with Gasteiger partial charge in [0.25, 0.3) is 5.56 Å². The van der Waals surface area contributed by atoms with Gasteiger partial charge in [-0.2, -0.15) is 0 Å². The van der Waals surface area contributed by atoms with Crippen LogP contribution in [-0.4, -0.2) is 57.3 Å². The summed E-state index contributed by atoms with van der Waals surface area (Å²) in [6.45, 7) is 2.56. The van der Waals surface area contributed by atoms with Crippen molar-refractivity contribution >= 4 is 34.1 Å². The second-order valence-corrected chi connectivity index (χ2v) is 9.16. The lowest BCUT2D eigenvalue weighted by Crippen LogP contribution is -2.51. The molecule has 1 aliphatic carbocycles. The van der Waals surface area contributed by atoms with Crippen LogP contribution in [0.15, 0.2) is 52.9 Å². The molecule has 1 saturated carbocycles. The van der Waals surface area contributed by atoms with E-state index in [1.54, 1.807) is 28.4 Å². The monoisotopic (exact) mass is 436 g/mol. The number of benzene rings is 1. The van der Waals surface area contributed by atoms with Crippen LogP contribution >= 0.6 is 11.3 Å². The van der Waals surface area contributed by atoms with Crippen LogP contribution in [0, 0.1) is 5.92 Å². The number of nitrogens with zero attached hydrogens (tertiary/aromatic N) is 4. The summed E-state index contributed by atoms with van der Waals surface area (Å²) in [6.07, 6.45) is 2.69. The summed E-state index contributed by atoms with van der Waals surface area (Å²) in [5.41, 5.74) is 0.534. The Morgan fingerprint density at radius 3 is 2.58 bits per heavy atom. The van der Waals surface area contributed by atoms with Gasteiger partial charge in [-0.05, 0) is 30.0 Å². The first-order valence-corrected chi connectivity index (χ1v) is 11.5. The van der Waals surface area contributed by atoms with Crippen molar-refractivity contribution in [1.29, 1.82) is 0 Å². The van der Waals surface area contributed by atoms with E-state index < -0.39 is 0 Å². The van der Waals surface area contributed by atoms with E-state index in [1.165, 1.54) is 15.8 Å². The molecule has 0 N–H and O–H groups in total. The highest BCUT2D eigenvalue weighted by Gasteiger charge is 2.46. The highest BCUT2D eigenvalue weighted by Crippen LogP contribution is 2.50. The number of thiophene rings is 1. The summed E-state index contributed by atoms with van der Waals surface area (Å²) < 4.78 is 1.50. The largest absolute Gasteiger partial charge is 0.339 e. The fourth-order valence-electron chi connectivity index (χ4n) is 4.33. The predicted molar refractivity (Wildman–Crippen MR) is 119 cm³/mol. The Bertz CT molecular complexity index is 1170. The number of carbonyl (C=O) groups excluding carboxylic acids is 2. The number of piperazine rings is 1. The molecule has 1 saturated heterocycles. The van der Waals surface area contributed by atoms with Crippen molar-refractivity contribution in [3.8, 4) is 0 Å². The van der Waals surface area contributed by atoms with Gasteiger partial charge in [0, 0.05) is 55.9 Å². The van der Waals surface area contributed by atoms with Crippen LogP contribution in [0.4, 0.5) is 0 Å². The summed E-state index contributed by atoms with van der Waals surface area (Å²) in [7, 11) is 0. The summed E-state index contributed by atoms with van der Waals surface area (Å²) in [4.78, 5) is 47.3.